The highest BCUT2D eigenvalue weighted by Crippen LogP contribution is 2.52. The molecule has 2 heteroatoms. The number of hydrogen-bond donors (Lipinski definition) is 0. The lowest BCUT2D eigenvalue weighted by atomic mass is 9.66. The van der Waals surface area contributed by atoms with Crippen molar-refractivity contribution < 1.29 is 9.47 Å². The van der Waals surface area contributed by atoms with Gasteiger partial charge in [-0.1, -0.05) is 36.4 Å². The van der Waals surface area contributed by atoms with Gasteiger partial charge >= 0.3 is 0 Å². The Morgan fingerprint density at radius 3 is 1.70 bits per heavy atom. The van der Waals surface area contributed by atoms with Crippen LogP contribution in [0, 0.1) is 11.8 Å². The molecule has 5 rings (SSSR count). The van der Waals surface area contributed by atoms with Crippen molar-refractivity contribution in [2.24, 2.45) is 11.8 Å². The fourth-order valence-electron chi connectivity index (χ4n) is 4.54. The monoisotopic (exact) mass is 266 g/mol. The van der Waals surface area contributed by atoms with Crippen molar-refractivity contribution in [2.75, 3.05) is 26.4 Å². The van der Waals surface area contributed by atoms with Crippen LogP contribution >= 0.6 is 0 Å². The topological polar surface area (TPSA) is 18.5 Å². The molecule has 4 atom stereocenters. The maximum Gasteiger partial charge on any atom is 0.0538 e. The molecule has 2 heterocycles. The molecule has 20 heavy (non-hydrogen) atoms. The lowest BCUT2D eigenvalue weighted by Gasteiger charge is -2.36. The quantitative estimate of drug-likeness (QED) is 0.728. The highest BCUT2D eigenvalue weighted by molar-refractivity contribution is 5.84. The Kier molecular flexibility index (Phi) is 2.29. The van der Waals surface area contributed by atoms with Crippen molar-refractivity contribution in [3.63, 3.8) is 0 Å². The van der Waals surface area contributed by atoms with Crippen LogP contribution in [-0.2, 0) is 9.47 Å². The van der Waals surface area contributed by atoms with E-state index in [0.717, 1.165) is 26.4 Å². The molecule has 0 saturated carbocycles. The fourth-order valence-corrected chi connectivity index (χ4v) is 4.54. The molecular weight excluding hydrogens is 248 g/mol. The molecule has 2 fully saturated rings. The van der Waals surface area contributed by atoms with E-state index in [-0.39, 0.29) is 0 Å². The summed E-state index contributed by atoms with van der Waals surface area (Å²) in [5.41, 5.74) is 3.05. The van der Waals surface area contributed by atoms with Gasteiger partial charge in [0, 0.05) is 11.8 Å². The number of benzene rings is 2. The second-order valence-electron chi connectivity index (χ2n) is 6.44. The first-order valence-electron chi connectivity index (χ1n) is 7.60. The van der Waals surface area contributed by atoms with Crippen molar-refractivity contribution in [2.45, 2.75) is 11.8 Å². The van der Waals surface area contributed by atoms with Gasteiger partial charge in [-0.3, -0.25) is 0 Å². The first-order valence-corrected chi connectivity index (χ1v) is 7.60. The van der Waals surface area contributed by atoms with Gasteiger partial charge < -0.3 is 9.47 Å². The molecule has 0 aromatic heterocycles. The first-order chi connectivity index (χ1) is 9.92. The summed E-state index contributed by atoms with van der Waals surface area (Å²) in [5.74, 6) is 2.49. The van der Waals surface area contributed by atoms with E-state index in [4.69, 9.17) is 9.47 Å². The van der Waals surface area contributed by atoms with Gasteiger partial charge in [0.05, 0.1) is 26.4 Å². The van der Waals surface area contributed by atoms with E-state index < -0.39 is 0 Å². The lowest BCUT2D eigenvalue weighted by Crippen LogP contribution is -2.31. The zero-order valence-corrected chi connectivity index (χ0v) is 11.4. The molecule has 102 valence electrons. The SMILES string of the molecule is c1ccc2cc3c(cc2c1)[C@H]1COC[C@H]1[C@@H]1COC[C@H]31. The smallest absolute Gasteiger partial charge is 0.0538 e. The first kappa shape index (κ1) is 11.3. The molecule has 2 aromatic rings. The molecule has 2 aromatic carbocycles. The number of fused-ring (bicyclic) bond motifs is 7. The van der Waals surface area contributed by atoms with E-state index in [0.29, 0.717) is 23.7 Å². The molecule has 0 bridgehead atoms. The highest BCUT2D eigenvalue weighted by atomic mass is 16.5. The van der Waals surface area contributed by atoms with E-state index in [1.165, 1.54) is 21.9 Å². The number of ether oxygens (including phenoxy) is 2. The molecule has 2 saturated heterocycles. The average Bonchev–Trinajstić information content (AvgIpc) is 3.14. The van der Waals surface area contributed by atoms with Crippen LogP contribution in [0.2, 0.25) is 0 Å². The Bertz CT molecular complexity index is 620. The van der Waals surface area contributed by atoms with Crippen molar-refractivity contribution in [3.05, 3.63) is 47.5 Å². The van der Waals surface area contributed by atoms with Crippen LogP contribution in [0.1, 0.15) is 23.0 Å². The van der Waals surface area contributed by atoms with E-state index in [1.54, 1.807) is 0 Å². The molecule has 2 nitrogen and oxygen atoms in total. The third-order valence-electron chi connectivity index (χ3n) is 5.55. The summed E-state index contributed by atoms with van der Waals surface area (Å²) in [5, 5.41) is 2.71. The predicted octanol–water partition coefficient (Wildman–Crippen LogP) is 3.31. The number of rotatable bonds is 0. The maximum atomic E-state index is 5.81. The van der Waals surface area contributed by atoms with Crippen molar-refractivity contribution in [3.8, 4) is 0 Å². The van der Waals surface area contributed by atoms with Gasteiger partial charge in [0.15, 0.2) is 0 Å². The summed E-state index contributed by atoms with van der Waals surface area (Å²) in [6.07, 6.45) is 0. The third-order valence-corrected chi connectivity index (χ3v) is 5.55. The maximum absolute atomic E-state index is 5.81. The van der Waals surface area contributed by atoms with Gasteiger partial charge in [0.25, 0.3) is 0 Å². The van der Waals surface area contributed by atoms with Crippen molar-refractivity contribution in [1.29, 1.82) is 0 Å². The van der Waals surface area contributed by atoms with E-state index in [2.05, 4.69) is 36.4 Å². The van der Waals surface area contributed by atoms with Crippen LogP contribution in [0.15, 0.2) is 36.4 Å². The number of hydrogen-bond acceptors (Lipinski definition) is 2. The Morgan fingerprint density at radius 1 is 0.700 bits per heavy atom. The predicted molar refractivity (Wildman–Crippen MR) is 78.0 cm³/mol. The second kappa shape index (κ2) is 4.06. The fraction of sp³-hybridized carbons (Fsp3) is 0.444. The standard InChI is InChI=1S/C18H18O2/c1-2-4-12-6-14-13(5-11(12)3-1)15-7-19-9-17(15)18-10-20-8-16(14)18/h1-6,15-18H,7-10H2/t15-,16-,17-,18-/m1/s1. The summed E-state index contributed by atoms with van der Waals surface area (Å²) in [6.45, 7) is 3.61. The summed E-state index contributed by atoms with van der Waals surface area (Å²) in [6, 6.07) is 13.5. The average molecular weight is 266 g/mol. The van der Waals surface area contributed by atoms with Gasteiger partial charge in [-0.25, -0.2) is 0 Å². The zero-order chi connectivity index (χ0) is 13.1. The second-order valence-corrected chi connectivity index (χ2v) is 6.44. The Hall–Kier alpha value is -1.38. The molecule has 1 aliphatic carbocycles. The molecule has 0 unspecified atom stereocenters. The van der Waals surface area contributed by atoms with Gasteiger partial charge in [-0.15, -0.1) is 0 Å². The van der Waals surface area contributed by atoms with Gasteiger partial charge in [0.1, 0.15) is 0 Å². The summed E-state index contributed by atoms with van der Waals surface area (Å²) >= 11 is 0. The molecule has 2 aliphatic heterocycles. The van der Waals surface area contributed by atoms with Gasteiger partial charge in [-0.05, 0) is 33.7 Å². The third kappa shape index (κ3) is 1.41. The normalized spacial score (nSPS) is 34.8. The van der Waals surface area contributed by atoms with Crippen molar-refractivity contribution >= 4 is 10.8 Å². The van der Waals surface area contributed by atoms with Crippen LogP contribution in [0.3, 0.4) is 0 Å². The molecule has 0 spiro atoms. The summed E-state index contributed by atoms with van der Waals surface area (Å²) < 4.78 is 11.6. The molecule has 3 aliphatic rings. The van der Waals surface area contributed by atoms with E-state index >= 15 is 0 Å². The summed E-state index contributed by atoms with van der Waals surface area (Å²) in [4.78, 5) is 0. The minimum Gasteiger partial charge on any atom is -0.380 e. The summed E-state index contributed by atoms with van der Waals surface area (Å²) in [7, 11) is 0. The van der Waals surface area contributed by atoms with Gasteiger partial charge in [-0.2, -0.15) is 0 Å². The molecule has 0 radical (unpaired) electrons. The molecular formula is C18H18O2. The minimum atomic E-state index is 0.581. The minimum absolute atomic E-state index is 0.581. The van der Waals surface area contributed by atoms with E-state index in [9.17, 15) is 0 Å². The van der Waals surface area contributed by atoms with Crippen LogP contribution in [-0.4, -0.2) is 26.4 Å². The Morgan fingerprint density at radius 2 is 1.20 bits per heavy atom. The van der Waals surface area contributed by atoms with Gasteiger partial charge in [0.2, 0.25) is 0 Å². The van der Waals surface area contributed by atoms with Crippen molar-refractivity contribution in [1.82, 2.24) is 0 Å². The lowest BCUT2D eigenvalue weighted by molar-refractivity contribution is 0.150. The Balaban J connectivity index is 1.77. The zero-order valence-electron chi connectivity index (χ0n) is 11.4. The molecule has 0 amide bonds. The van der Waals surface area contributed by atoms with Crippen LogP contribution in [0.25, 0.3) is 10.8 Å². The largest absolute Gasteiger partial charge is 0.380 e. The van der Waals surface area contributed by atoms with E-state index in [1.807, 2.05) is 0 Å². The highest BCUT2D eigenvalue weighted by Gasteiger charge is 2.48. The van der Waals surface area contributed by atoms with Crippen LogP contribution in [0.5, 0.6) is 0 Å². The van der Waals surface area contributed by atoms with Crippen LogP contribution in [0.4, 0.5) is 0 Å². The molecule has 0 N–H and O–H groups in total. The van der Waals surface area contributed by atoms with Crippen LogP contribution < -0.4 is 0 Å². The Labute approximate surface area is 118 Å².